The van der Waals surface area contributed by atoms with Gasteiger partial charge in [0, 0.05) is 12.3 Å². The molecule has 0 radical (unpaired) electrons. The Morgan fingerprint density at radius 1 is 1.35 bits per heavy atom. The highest BCUT2D eigenvalue weighted by molar-refractivity contribution is 5.93. The number of benzene rings is 1. The van der Waals surface area contributed by atoms with Gasteiger partial charge in [-0.15, -0.1) is 0 Å². The van der Waals surface area contributed by atoms with Crippen LogP contribution in [0.4, 0.5) is 0 Å². The van der Waals surface area contributed by atoms with Crippen LogP contribution in [0.15, 0.2) is 35.5 Å². The van der Waals surface area contributed by atoms with Gasteiger partial charge in [-0.05, 0) is 30.7 Å². The Morgan fingerprint density at radius 2 is 2.12 bits per heavy atom. The van der Waals surface area contributed by atoms with Gasteiger partial charge in [-0.1, -0.05) is 47.3 Å². The van der Waals surface area contributed by atoms with Gasteiger partial charge in [0.15, 0.2) is 0 Å². The van der Waals surface area contributed by atoms with Crippen LogP contribution in [0.5, 0.6) is 0 Å². The number of aliphatic hydroxyl groups excluding tert-OH is 2. The summed E-state index contributed by atoms with van der Waals surface area (Å²) in [5.41, 5.74) is 1.66. The molecule has 1 aromatic rings. The number of hydrogen-bond acceptors (Lipinski definition) is 5. The summed E-state index contributed by atoms with van der Waals surface area (Å²) >= 11 is 0. The quantitative estimate of drug-likeness (QED) is 0.411. The van der Waals surface area contributed by atoms with Gasteiger partial charge in [0.05, 0.1) is 17.7 Å². The van der Waals surface area contributed by atoms with Gasteiger partial charge in [-0.3, -0.25) is 4.79 Å². The lowest BCUT2D eigenvalue weighted by molar-refractivity contribution is -0.137. The maximum Gasteiger partial charge on any atom is 0.303 e. The highest BCUT2D eigenvalue weighted by Gasteiger charge is 2.51. The van der Waals surface area contributed by atoms with E-state index in [-0.39, 0.29) is 30.8 Å². The molecule has 0 spiro atoms. The molecule has 0 bridgehead atoms. The molecule has 0 aromatic heterocycles. The van der Waals surface area contributed by atoms with Crippen molar-refractivity contribution in [2.24, 2.45) is 22.9 Å². The number of carboxylic acid groups (broad SMARTS) is 1. The second-order valence-corrected chi connectivity index (χ2v) is 6.82. The van der Waals surface area contributed by atoms with Gasteiger partial charge >= 0.3 is 5.97 Å². The van der Waals surface area contributed by atoms with Crippen molar-refractivity contribution in [3.63, 3.8) is 0 Å². The monoisotopic (exact) mass is 357 g/mol. The molecular formula is C20H23NO5. The number of aliphatic hydroxyl groups is 2. The number of hydrogen-bond donors (Lipinski definition) is 3. The molecule has 1 aromatic carbocycles. The van der Waals surface area contributed by atoms with Gasteiger partial charge in [0.2, 0.25) is 0 Å². The van der Waals surface area contributed by atoms with E-state index in [0.29, 0.717) is 12.8 Å². The van der Waals surface area contributed by atoms with Crippen molar-refractivity contribution in [3.05, 3.63) is 35.9 Å². The van der Waals surface area contributed by atoms with Gasteiger partial charge in [-0.2, -0.15) is 0 Å². The lowest BCUT2D eigenvalue weighted by atomic mass is 9.71. The summed E-state index contributed by atoms with van der Waals surface area (Å²) in [5.74, 6) is 5.31. The third-order valence-electron chi connectivity index (χ3n) is 5.07. The van der Waals surface area contributed by atoms with E-state index in [1.165, 1.54) is 0 Å². The lowest BCUT2D eigenvalue weighted by Gasteiger charge is -2.33. The van der Waals surface area contributed by atoms with E-state index in [9.17, 15) is 15.0 Å². The second kappa shape index (κ2) is 8.35. The normalized spacial score (nSPS) is 29.2. The number of nitrogens with zero attached hydrogens (tertiary/aromatic N) is 1. The summed E-state index contributed by atoms with van der Waals surface area (Å²) in [6.45, 7) is 0.280. The molecule has 0 aliphatic heterocycles. The van der Waals surface area contributed by atoms with E-state index in [1.54, 1.807) is 0 Å². The van der Waals surface area contributed by atoms with E-state index < -0.39 is 18.2 Å². The fourth-order valence-electron chi connectivity index (χ4n) is 3.62. The predicted octanol–water partition coefficient (Wildman–Crippen LogP) is 1.98. The minimum absolute atomic E-state index is 0.0665. The Labute approximate surface area is 152 Å². The van der Waals surface area contributed by atoms with Crippen LogP contribution in [-0.4, -0.2) is 39.7 Å². The van der Waals surface area contributed by atoms with Crippen LogP contribution in [0.25, 0.3) is 0 Å². The second-order valence-electron chi connectivity index (χ2n) is 6.82. The van der Waals surface area contributed by atoms with Crippen molar-refractivity contribution in [1.82, 2.24) is 0 Å². The fourth-order valence-corrected chi connectivity index (χ4v) is 3.62. The van der Waals surface area contributed by atoms with Crippen molar-refractivity contribution < 1.29 is 25.0 Å². The summed E-state index contributed by atoms with van der Waals surface area (Å²) in [6, 6.07) is 9.23. The van der Waals surface area contributed by atoms with Crippen molar-refractivity contribution in [2.45, 2.75) is 37.9 Å². The molecule has 3 rings (SSSR count). The third kappa shape index (κ3) is 4.24. The molecule has 5 atom stereocenters. The highest BCUT2D eigenvalue weighted by atomic mass is 16.6. The Balaban J connectivity index is 1.52. The van der Waals surface area contributed by atoms with Gasteiger partial charge in [-0.25, -0.2) is 0 Å². The molecule has 5 unspecified atom stereocenters. The molecule has 26 heavy (non-hydrogen) atoms. The summed E-state index contributed by atoms with van der Waals surface area (Å²) in [5, 5.41) is 33.1. The third-order valence-corrected chi connectivity index (χ3v) is 5.07. The predicted molar refractivity (Wildman–Crippen MR) is 95.1 cm³/mol. The molecule has 138 valence electrons. The SMILES string of the molecule is O=C(O)CCCON=C1CC2C1CC(O)C2C#CC(O)c1ccccc1. The molecule has 0 amide bonds. The molecule has 3 N–H and O–H groups in total. The minimum Gasteiger partial charge on any atom is -0.481 e. The van der Waals surface area contributed by atoms with Crippen molar-refractivity contribution >= 4 is 11.7 Å². The average Bonchev–Trinajstić information content (AvgIpc) is 2.87. The zero-order valence-corrected chi connectivity index (χ0v) is 14.4. The van der Waals surface area contributed by atoms with Crippen LogP contribution in [0.3, 0.4) is 0 Å². The smallest absolute Gasteiger partial charge is 0.303 e. The van der Waals surface area contributed by atoms with E-state index >= 15 is 0 Å². The molecule has 6 heteroatoms. The first kappa shape index (κ1) is 18.4. The Bertz CT molecular complexity index is 721. The average molecular weight is 357 g/mol. The van der Waals surface area contributed by atoms with E-state index in [4.69, 9.17) is 9.94 Å². The maximum atomic E-state index is 10.4. The number of carboxylic acids is 1. The van der Waals surface area contributed by atoms with Crippen LogP contribution in [0, 0.1) is 29.6 Å². The number of carbonyl (C=O) groups is 1. The van der Waals surface area contributed by atoms with Crippen LogP contribution < -0.4 is 0 Å². The molecule has 2 fully saturated rings. The topological polar surface area (TPSA) is 99.4 Å². The first-order valence-corrected chi connectivity index (χ1v) is 8.89. The zero-order chi connectivity index (χ0) is 18.5. The Kier molecular flexibility index (Phi) is 5.92. The minimum atomic E-state index is -0.853. The van der Waals surface area contributed by atoms with Crippen LogP contribution in [-0.2, 0) is 9.63 Å². The number of rotatable bonds is 6. The molecule has 2 aliphatic carbocycles. The first-order chi connectivity index (χ1) is 12.6. The van der Waals surface area contributed by atoms with Crippen LogP contribution >= 0.6 is 0 Å². The van der Waals surface area contributed by atoms with Crippen molar-refractivity contribution in [2.75, 3.05) is 6.61 Å². The molecular weight excluding hydrogens is 334 g/mol. The zero-order valence-electron chi connectivity index (χ0n) is 14.4. The molecule has 0 heterocycles. The number of oxime groups is 1. The van der Waals surface area contributed by atoms with E-state index in [1.807, 2.05) is 30.3 Å². The lowest BCUT2D eigenvalue weighted by Crippen LogP contribution is -2.36. The van der Waals surface area contributed by atoms with Crippen LogP contribution in [0.2, 0.25) is 0 Å². The van der Waals surface area contributed by atoms with Crippen molar-refractivity contribution in [1.29, 1.82) is 0 Å². The number of aliphatic carboxylic acids is 1. The number of fused-ring (bicyclic) bond motifs is 1. The summed E-state index contributed by atoms with van der Waals surface area (Å²) in [7, 11) is 0. The van der Waals surface area contributed by atoms with E-state index in [2.05, 4.69) is 17.0 Å². The van der Waals surface area contributed by atoms with Crippen molar-refractivity contribution in [3.8, 4) is 11.8 Å². The highest BCUT2D eigenvalue weighted by Crippen LogP contribution is 2.48. The van der Waals surface area contributed by atoms with E-state index in [0.717, 1.165) is 17.7 Å². The van der Waals surface area contributed by atoms with Gasteiger partial charge in [0.1, 0.15) is 12.7 Å². The molecule has 2 saturated carbocycles. The largest absolute Gasteiger partial charge is 0.481 e. The van der Waals surface area contributed by atoms with Crippen LogP contribution in [0.1, 0.15) is 37.4 Å². The first-order valence-electron chi connectivity index (χ1n) is 8.89. The Morgan fingerprint density at radius 3 is 2.85 bits per heavy atom. The summed E-state index contributed by atoms with van der Waals surface area (Å²) in [4.78, 5) is 15.6. The Hall–Kier alpha value is -2.36. The summed E-state index contributed by atoms with van der Waals surface area (Å²) in [6.07, 6.45) is 0.434. The summed E-state index contributed by atoms with van der Waals surface area (Å²) < 4.78 is 0. The molecule has 6 nitrogen and oxygen atoms in total. The molecule has 0 saturated heterocycles. The standard InChI is InChI=1S/C20H23NO5/c22-18(13-5-2-1-3-6-13)9-8-14-15-11-17(16(15)12-19(14)23)21-26-10-4-7-20(24)25/h1-3,5-6,14-16,18-19,22-23H,4,7,10-12H2,(H,24,25). The van der Waals surface area contributed by atoms with Gasteiger partial charge in [0.25, 0.3) is 0 Å². The maximum absolute atomic E-state index is 10.4. The fraction of sp³-hybridized carbons (Fsp3) is 0.500. The molecule has 2 aliphatic rings. The van der Waals surface area contributed by atoms with Gasteiger partial charge < -0.3 is 20.2 Å².